The highest BCUT2D eigenvalue weighted by Gasteiger charge is 2.13. The summed E-state index contributed by atoms with van der Waals surface area (Å²) < 4.78 is 10.3. The summed E-state index contributed by atoms with van der Waals surface area (Å²) in [7, 11) is 1.31. The van der Waals surface area contributed by atoms with E-state index in [-0.39, 0.29) is 11.3 Å². The Kier molecular flexibility index (Phi) is 5.89. The summed E-state index contributed by atoms with van der Waals surface area (Å²) in [6.07, 6.45) is 0. The molecule has 3 aromatic carbocycles. The van der Waals surface area contributed by atoms with Gasteiger partial charge in [0, 0.05) is 5.56 Å². The first kappa shape index (κ1) is 19.6. The molecule has 0 aromatic heterocycles. The van der Waals surface area contributed by atoms with Gasteiger partial charge in [-0.25, -0.2) is 9.59 Å². The molecule has 2 N–H and O–H groups in total. The van der Waals surface area contributed by atoms with Crippen molar-refractivity contribution in [3.63, 3.8) is 0 Å². The normalized spacial score (nSPS) is 10.1. The van der Waals surface area contributed by atoms with E-state index in [2.05, 4.69) is 10.1 Å². The molecule has 0 saturated carbocycles. The minimum absolute atomic E-state index is 0.0104. The van der Waals surface area contributed by atoms with Crippen LogP contribution in [0.25, 0.3) is 0 Å². The van der Waals surface area contributed by atoms with Crippen LogP contribution in [0.1, 0.15) is 31.1 Å². The molecule has 0 atom stereocenters. The number of carboxylic acids is 1. The van der Waals surface area contributed by atoms with Crippen molar-refractivity contribution in [2.24, 2.45) is 0 Å². The Morgan fingerprint density at radius 1 is 0.793 bits per heavy atom. The van der Waals surface area contributed by atoms with Crippen molar-refractivity contribution < 1.29 is 29.0 Å². The van der Waals surface area contributed by atoms with Crippen LogP contribution in [0.3, 0.4) is 0 Å². The largest absolute Gasteiger partial charge is 0.478 e. The molecule has 7 nitrogen and oxygen atoms in total. The molecule has 0 spiro atoms. The molecule has 3 aromatic rings. The van der Waals surface area contributed by atoms with Crippen molar-refractivity contribution in [2.45, 2.75) is 0 Å². The Morgan fingerprint density at radius 3 is 1.90 bits per heavy atom. The molecule has 0 bridgehead atoms. The molecule has 0 aliphatic rings. The number of anilines is 1. The standard InChI is InChI=1S/C22H17NO6/c1-28-22(27)15-8-12-17(13-9-15)29-16-10-6-14(7-11-16)20(24)23-19-5-3-2-4-18(19)21(25)26/h2-13H,1H3,(H,23,24)(H,25,26). The topological polar surface area (TPSA) is 102 Å². The van der Waals surface area contributed by atoms with E-state index < -0.39 is 17.8 Å². The molecule has 0 aliphatic carbocycles. The van der Waals surface area contributed by atoms with Gasteiger partial charge in [-0.1, -0.05) is 12.1 Å². The molecular formula is C22H17NO6. The average molecular weight is 391 g/mol. The van der Waals surface area contributed by atoms with Crippen molar-refractivity contribution >= 4 is 23.5 Å². The fraction of sp³-hybridized carbons (Fsp3) is 0.0455. The third kappa shape index (κ3) is 4.78. The molecule has 0 fully saturated rings. The van der Waals surface area contributed by atoms with Gasteiger partial charge >= 0.3 is 11.9 Å². The number of esters is 1. The number of para-hydroxylation sites is 1. The van der Waals surface area contributed by atoms with Crippen molar-refractivity contribution in [3.8, 4) is 11.5 Å². The Bertz CT molecular complexity index is 1040. The Balaban J connectivity index is 1.68. The first-order valence-electron chi connectivity index (χ1n) is 8.58. The number of aromatic carboxylic acids is 1. The number of hydrogen-bond acceptors (Lipinski definition) is 5. The van der Waals surface area contributed by atoms with Crippen LogP contribution in [0.5, 0.6) is 11.5 Å². The van der Waals surface area contributed by atoms with E-state index in [1.807, 2.05) is 0 Å². The lowest BCUT2D eigenvalue weighted by atomic mass is 10.1. The van der Waals surface area contributed by atoms with E-state index >= 15 is 0 Å². The SMILES string of the molecule is COC(=O)c1ccc(Oc2ccc(C(=O)Nc3ccccc3C(=O)O)cc2)cc1. The molecular weight excluding hydrogens is 374 g/mol. The summed E-state index contributed by atoms with van der Waals surface area (Å²) in [4.78, 5) is 35.1. The summed E-state index contributed by atoms with van der Waals surface area (Å²) >= 11 is 0. The quantitative estimate of drug-likeness (QED) is 0.610. The second-order valence-electron chi connectivity index (χ2n) is 5.95. The Labute approximate surface area is 166 Å². The number of carbonyl (C=O) groups excluding carboxylic acids is 2. The molecule has 3 rings (SSSR count). The highest BCUT2D eigenvalue weighted by Crippen LogP contribution is 2.23. The van der Waals surface area contributed by atoms with Gasteiger partial charge in [0.25, 0.3) is 5.91 Å². The van der Waals surface area contributed by atoms with Crippen LogP contribution in [0, 0.1) is 0 Å². The van der Waals surface area contributed by atoms with E-state index in [1.165, 1.54) is 19.2 Å². The smallest absolute Gasteiger partial charge is 0.337 e. The molecule has 0 saturated heterocycles. The van der Waals surface area contributed by atoms with E-state index in [4.69, 9.17) is 4.74 Å². The third-order valence-corrected chi connectivity index (χ3v) is 4.03. The lowest BCUT2D eigenvalue weighted by Crippen LogP contribution is -2.14. The number of carboxylic acid groups (broad SMARTS) is 1. The maximum atomic E-state index is 12.4. The van der Waals surface area contributed by atoms with Gasteiger partial charge < -0.3 is 19.9 Å². The van der Waals surface area contributed by atoms with Gasteiger partial charge in [-0.15, -0.1) is 0 Å². The van der Waals surface area contributed by atoms with Gasteiger partial charge in [-0.05, 0) is 60.7 Å². The lowest BCUT2D eigenvalue weighted by molar-refractivity contribution is 0.0599. The Hall–Kier alpha value is -4.13. The summed E-state index contributed by atoms with van der Waals surface area (Å²) in [5.74, 6) is -0.976. The number of benzene rings is 3. The predicted octanol–water partition coefficient (Wildman–Crippen LogP) is 4.22. The van der Waals surface area contributed by atoms with Crippen LogP contribution in [-0.2, 0) is 4.74 Å². The molecule has 7 heteroatoms. The zero-order chi connectivity index (χ0) is 20.8. The van der Waals surface area contributed by atoms with Crippen molar-refractivity contribution in [3.05, 3.63) is 89.5 Å². The van der Waals surface area contributed by atoms with Crippen LogP contribution >= 0.6 is 0 Å². The summed E-state index contributed by atoms with van der Waals surface area (Å²) in [6.45, 7) is 0. The lowest BCUT2D eigenvalue weighted by Gasteiger charge is -2.09. The second kappa shape index (κ2) is 8.71. The number of ether oxygens (including phenoxy) is 2. The van der Waals surface area contributed by atoms with E-state index in [0.717, 1.165) is 0 Å². The van der Waals surface area contributed by atoms with Gasteiger partial charge in [0.05, 0.1) is 23.9 Å². The average Bonchev–Trinajstić information content (AvgIpc) is 2.74. The van der Waals surface area contributed by atoms with Crippen LogP contribution in [0.15, 0.2) is 72.8 Å². The van der Waals surface area contributed by atoms with Crippen LogP contribution in [-0.4, -0.2) is 30.1 Å². The first-order valence-corrected chi connectivity index (χ1v) is 8.58. The molecule has 0 radical (unpaired) electrons. The van der Waals surface area contributed by atoms with E-state index in [0.29, 0.717) is 22.6 Å². The summed E-state index contributed by atoms with van der Waals surface area (Å²) in [5.41, 5.74) is 0.985. The molecule has 1 amide bonds. The fourth-order valence-corrected chi connectivity index (χ4v) is 2.56. The van der Waals surface area contributed by atoms with Gasteiger partial charge in [-0.2, -0.15) is 0 Å². The zero-order valence-corrected chi connectivity index (χ0v) is 15.4. The fourth-order valence-electron chi connectivity index (χ4n) is 2.56. The summed E-state index contributed by atoms with van der Waals surface area (Å²) in [6, 6.07) is 19.0. The highest BCUT2D eigenvalue weighted by atomic mass is 16.5. The van der Waals surface area contributed by atoms with E-state index in [1.54, 1.807) is 60.7 Å². The number of amides is 1. The van der Waals surface area contributed by atoms with Crippen LogP contribution in [0.4, 0.5) is 5.69 Å². The number of hydrogen-bond donors (Lipinski definition) is 2. The molecule has 0 aliphatic heterocycles. The van der Waals surface area contributed by atoms with Gasteiger partial charge in [0.15, 0.2) is 0 Å². The van der Waals surface area contributed by atoms with Crippen LogP contribution < -0.4 is 10.1 Å². The zero-order valence-electron chi connectivity index (χ0n) is 15.4. The van der Waals surface area contributed by atoms with Crippen molar-refractivity contribution in [1.82, 2.24) is 0 Å². The molecule has 29 heavy (non-hydrogen) atoms. The van der Waals surface area contributed by atoms with Crippen molar-refractivity contribution in [2.75, 3.05) is 12.4 Å². The third-order valence-electron chi connectivity index (χ3n) is 4.03. The molecule has 0 heterocycles. The number of methoxy groups -OCH3 is 1. The monoisotopic (exact) mass is 391 g/mol. The highest BCUT2D eigenvalue weighted by molar-refractivity contribution is 6.07. The number of nitrogens with one attached hydrogen (secondary N) is 1. The minimum Gasteiger partial charge on any atom is -0.478 e. The molecule has 0 unspecified atom stereocenters. The molecule has 146 valence electrons. The van der Waals surface area contributed by atoms with Gasteiger partial charge in [-0.3, -0.25) is 4.79 Å². The van der Waals surface area contributed by atoms with Crippen molar-refractivity contribution in [1.29, 1.82) is 0 Å². The number of rotatable bonds is 6. The second-order valence-corrected chi connectivity index (χ2v) is 5.95. The minimum atomic E-state index is -1.12. The van der Waals surface area contributed by atoms with Crippen LogP contribution in [0.2, 0.25) is 0 Å². The first-order chi connectivity index (χ1) is 14.0. The van der Waals surface area contributed by atoms with E-state index in [9.17, 15) is 19.5 Å². The van der Waals surface area contributed by atoms with Gasteiger partial charge in [0.1, 0.15) is 11.5 Å². The maximum Gasteiger partial charge on any atom is 0.337 e. The summed E-state index contributed by atoms with van der Waals surface area (Å²) in [5, 5.41) is 11.8. The maximum absolute atomic E-state index is 12.4. The van der Waals surface area contributed by atoms with Gasteiger partial charge in [0.2, 0.25) is 0 Å². The predicted molar refractivity (Wildman–Crippen MR) is 106 cm³/mol. The Morgan fingerprint density at radius 2 is 1.34 bits per heavy atom. The number of carbonyl (C=O) groups is 3.